The van der Waals surface area contributed by atoms with Gasteiger partial charge in [0.2, 0.25) is 5.95 Å². The number of anilines is 2. The Bertz CT molecular complexity index is 957. The van der Waals surface area contributed by atoms with Gasteiger partial charge in [0.15, 0.2) is 0 Å². The highest BCUT2D eigenvalue weighted by Gasteiger charge is 2.25. The Hall–Kier alpha value is -2.05. The van der Waals surface area contributed by atoms with Gasteiger partial charge in [-0.15, -0.1) is 0 Å². The summed E-state index contributed by atoms with van der Waals surface area (Å²) in [6, 6.07) is 5.44. The molecule has 0 atom stereocenters. The van der Waals surface area contributed by atoms with Gasteiger partial charge in [0.25, 0.3) is 5.91 Å². The van der Waals surface area contributed by atoms with Crippen molar-refractivity contribution < 1.29 is 4.79 Å². The fourth-order valence-electron chi connectivity index (χ4n) is 4.48. The standard InChI is InChI=1S/C23H29Cl2N5O/c1-30(2)21-17-5-3-4-6-20(17)28-23(29-21)27-16-10-8-15(9-11-16)26-22(31)14-7-12-18(24)19(25)13-14/h7,12-13,15-16H,3-6,8-11H2,1-2H3,(H,26,31)(H,27,28,29)/t15-,16+. The lowest BCUT2D eigenvalue weighted by Gasteiger charge is -2.30. The van der Waals surface area contributed by atoms with E-state index in [1.54, 1.807) is 18.2 Å². The molecule has 2 aromatic rings. The zero-order chi connectivity index (χ0) is 22.0. The molecule has 0 bridgehead atoms. The van der Waals surface area contributed by atoms with Crippen LogP contribution in [0.5, 0.6) is 0 Å². The first-order valence-electron chi connectivity index (χ1n) is 11.0. The van der Waals surface area contributed by atoms with Crippen LogP contribution < -0.4 is 15.5 Å². The number of rotatable bonds is 5. The summed E-state index contributed by atoms with van der Waals surface area (Å²) in [6.45, 7) is 0. The number of halogens is 2. The minimum atomic E-state index is -0.108. The molecule has 2 aliphatic carbocycles. The number of benzene rings is 1. The Morgan fingerprint density at radius 2 is 1.71 bits per heavy atom. The monoisotopic (exact) mass is 461 g/mol. The summed E-state index contributed by atoms with van der Waals surface area (Å²) in [6.07, 6.45) is 8.25. The van der Waals surface area contributed by atoms with E-state index >= 15 is 0 Å². The number of carbonyl (C=O) groups is 1. The molecular formula is C23H29Cl2N5O. The summed E-state index contributed by atoms with van der Waals surface area (Å²) >= 11 is 12.0. The number of aromatic nitrogens is 2. The number of hydrogen-bond donors (Lipinski definition) is 2. The van der Waals surface area contributed by atoms with Gasteiger partial charge in [-0.25, -0.2) is 4.98 Å². The van der Waals surface area contributed by atoms with Crippen molar-refractivity contribution in [1.29, 1.82) is 0 Å². The van der Waals surface area contributed by atoms with Gasteiger partial charge in [-0.3, -0.25) is 4.79 Å². The Morgan fingerprint density at radius 3 is 2.42 bits per heavy atom. The maximum Gasteiger partial charge on any atom is 0.251 e. The minimum Gasteiger partial charge on any atom is -0.362 e. The third kappa shape index (κ3) is 5.24. The van der Waals surface area contributed by atoms with Gasteiger partial charge >= 0.3 is 0 Å². The number of amides is 1. The normalized spacial score (nSPS) is 20.6. The first-order chi connectivity index (χ1) is 14.9. The second kappa shape index (κ2) is 9.61. The van der Waals surface area contributed by atoms with E-state index in [1.165, 1.54) is 24.1 Å². The molecule has 1 amide bonds. The molecule has 0 aliphatic heterocycles. The van der Waals surface area contributed by atoms with Gasteiger partial charge in [-0.1, -0.05) is 23.2 Å². The lowest BCUT2D eigenvalue weighted by Crippen LogP contribution is -2.40. The molecule has 1 heterocycles. The number of aryl methyl sites for hydroxylation is 1. The lowest BCUT2D eigenvalue weighted by molar-refractivity contribution is 0.0926. The van der Waals surface area contributed by atoms with Crippen molar-refractivity contribution >= 4 is 40.9 Å². The molecule has 1 aromatic carbocycles. The zero-order valence-corrected chi connectivity index (χ0v) is 19.6. The molecule has 1 saturated carbocycles. The second-order valence-corrected chi connectivity index (χ2v) is 9.51. The topological polar surface area (TPSA) is 70.2 Å². The summed E-state index contributed by atoms with van der Waals surface area (Å²) in [5.74, 6) is 1.66. The Morgan fingerprint density at radius 1 is 1.00 bits per heavy atom. The van der Waals surface area contributed by atoms with E-state index in [2.05, 4.69) is 15.5 Å². The average molecular weight is 462 g/mol. The molecule has 0 unspecified atom stereocenters. The van der Waals surface area contributed by atoms with Crippen LogP contribution in [-0.2, 0) is 12.8 Å². The molecule has 0 spiro atoms. The molecule has 31 heavy (non-hydrogen) atoms. The molecule has 2 N–H and O–H groups in total. The fourth-order valence-corrected chi connectivity index (χ4v) is 4.78. The molecule has 2 aliphatic rings. The molecular weight excluding hydrogens is 433 g/mol. The summed E-state index contributed by atoms with van der Waals surface area (Å²) in [5, 5.41) is 7.52. The molecule has 4 rings (SSSR count). The van der Waals surface area contributed by atoms with Gasteiger partial charge in [-0.05, 0) is 69.6 Å². The van der Waals surface area contributed by atoms with Crippen molar-refractivity contribution in [2.45, 2.75) is 63.5 Å². The van der Waals surface area contributed by atoms with Gasteiger partial charge in [0.05, 0.1) is 15.7 Å². The number of nitrogens with one attached hydrogen (secondary N) is 2. The highest BCUT2D eigenvalue weighted by molar-refractivity contribution is 6.42. The highest BCUT2D eigenvalue weighted by atomic mass is 35.5. The van der Waals surface area contributed by atoms with Crippen molar-refractivity contribution in [3.63, 3.8) is 0 Å². The number of nitrogens with zero attached hydrogens (tertiary/aromatic N) is 3. The fraction of sp³-hybridized carbons (Fsp3) is 0.522. The second-order valence-electron chi connectivity index (χ2n) is 8.69. The molecule has 0 radical (unpaired) electrons. The van der Waals surface area contributed by atoms with E-state index in [0.29, 0.717) is 21.7 Å². The summed E-state index contributed by atoms with van der Waals surface area (Å²) < 4.78 is 0. The summed E-state index contributed by atoms with van der Waals surface area (Å²) in [7, 11) is 4.09. The predicted octanol–water partition coefficient (Wildman–Crippen LogP) is 4.88. The van der Waals surface area contributed by atoms with E-state index in [9.17, 15) is 4.79 Å². The van der Waals surface area contributed by atoms with Gasteiger partial charge < -0.3 is 15.5 Å². The van der Waals surface area contributed by atoms with Gasteiger partial charge in [0.1, 0.15) is 5.82 Å². The van der Waals surface area contributed by atoms with Crippen LogP contribution in [0.1, 0.15) is 60.1 Å². The van der Waals surface area contributed by atoms with E-state index in [1.807, 2.05) is 14.1 Å². The van der Waals surface area contributed by atoms with Gasteiger partial charge in [0, 0.05) is 37.3 Å². The lowest BCUT2D eigenvalue weighted by atomic mass is 9.91. The van der Waals surface area contributed by atoms with E-state index in [0.717, 1.165) is 50.3 Å². The highest BCUT2D eigenvalue weighted by Crippen LogP contribution is 2.29. The van der Waals surface area contributed by atoms with Gasteiger partial charge in [-0.2, -0.15) is 4.98 Å². The van der Waals surface area contributed by atoms with E-state index in [-0.39, 0.29) is 11.9 Å². The van der Waals surface area contributed by atoms with Crippen molar-refractivity contribution in [2.75, 3.05) is 24.3 Å². The molecule has 1 aromatic heterocycles. The van der Waals surface area contributed by atoms with Crippen LogP contribution in [0.25, 0.3) is 0 Å². The predicted molar refractivity (Wildman–Crippen MR) is 127 cm³/mol. The third-order valence-electron chi connectivity index (χ3n) is 6.16. The van der Waals surface area contributed by atoms with Crippen LogP contribution in [-0.4, -0.2) is 42.1 Å². The zero-order valence-electron chi connectivity index (χ0n) is 18.0. The Kier molecular flexibility index (Phi) is 6.87. The largest absolute Gasteiger partial charge is 0.362 e. The van der Waals surface area contributed by atoms with Crippen LogP contribution in [0.15, 0.2) is 18.2 Å². The molecule has 8 heteroatoms. The minimum absolute atomic E-state index is 0.108. The first kappa shape index (κ1) is 22.2. The van der Waals surface area contributed by atoms with Crippen LogP contribution in [0, 0.1) is 0 Å². The van der Waals surface area contributed by atoms with E-state index < -0.39 is 0 Å². The molecule has 6 nitrogen and oxygen atoms in total. The smallest absolute Gasteiger partial charge is 0.251 e. The SMILES string of the molecule is CN(C)c1nc(N[C@H]2CC[C@@H](NC(=O)c3ccc(Cl)c(Cl)c3)CC2)nc2c1CCCC2. The summed E-state index contributed by atoms with van der Waals surface area (Å²) in [5.41, 5.74) is 3.03. The quantitative estimate of drug-likeness (QED) is 0.663. The number of carbonyl (C=O) groups excluding carboxylic acids is 1. The van der Waals surface area contributed by atoms with Crippen molar-refractivity contribution in [3.05, 3.63) is 45.1 Å². The maximum absolute atomic E-state index is 12.5. The number of hydrogen-bond acceptors (Lipinski definition) is 5. The average Bonchev–Trinajstić information content (AvgIpc) is 2.76. The Labute approximate surface area is 193 Å². The summed E-state index contributed by atoms with van der Waals surface area (Å²) in [4.78, 5) is 24.3. The van der Waals surface area contributed by atoms with Crippen molar-refractivity contribution in [1.82, 2.24) is 15.3 Å². The molecule has 166 valence electrons. The Balaban J connectivity index is 1.34. The van der Waals surface area contributed by atoms with E-state index in [4.69, 9.17) is 33.2 Å². The van der Waals surface area contributed by atoms with Crippen molar-refractivity contribution in [3.8, 4) is 0 Å². The third-order valence-corrected chi connectivity index (χ3v) is 6.90. The molecule has 0 saturated heterocycles. The van der Waals surface area contributed by atoms with Crippen LogP contribution in [0.2, 0.25) is 10.0 Å². The van der Waals surface area contributed by atoms with Crippen molar-refractivity contribution in [2.24, 2.45) is 0 Å². The first-order valence-corrected chi connectivity index (χ1v) is 11.8. The van der Waals surface area contributed by atoms with Crippen LogP contribution >= 0.6 is 23.2 Å². The van der Waals surface area contributed by atoms with Crippen LogP contribution in [0.3, 0.4) is 0 Å². The van der Waals surface area contributed by atoms with Crippen LogP contribution in [0.4, 0.5) is 11.8 Å². The number of fused-ring (bicyclic) bond motifs is 1. The molecule has 1 fully saturated rings. The maximum atomic E-state index is 12.5.